The van der Waals surface area contributed by atoms with Gasteiger partial charge in [-0.3, -0.25) is 14.9 Å². The van der Waals surface area contributed by atoms with Crippen LogP contribution in [0.15, 0.2) is 23.4 Å². The van der Waals surface area contributed by atoms with Crippen LogP contribution < -0.4 is 5.32 Å². The van der Waals surface area contributed by atoms with Gasteiger partial charge in [0.2, 0.25) is 11.7 Å². The van der Waals surface area contributed by atoms with E-state index in [9.17, 15) is 28.1 Å². The quantitative estimate of drug-likeness (QED) is 0.460. The molecular formula is C13H11ClF3N5O3S. The number of halogens is 4. The van der Waals surface area contributed by atoms with Crippen LogP contribution in [0.25, 0.3) is 0 Å². The molecule has 1 aromatic carbocycles. The molecular weight excluding hydrogens is 399 g/mol. The number of benzene rings is 1. The molecule has 13 heteroatoms. The van der Waals surface area contributed by atoms with Gasteiger partial charge in [-0.15, -0.1) is 10.2 Å². The standard InChI is InChI=1S/C13H11ClF3N5O3S/c1-6(26-12-20-19-11(21(12)2)13(15,16)17)10(23)18-9-4-3-7(22(24)25)5-8(9)14/h3-6H,1-2H3,(H,18,23). The molecule has 1 amide bonds. The van der Waals surface area contributed by atoms with E-state index in [1.165, 1.54) is 13.0 Å². The Balaban J connectivity index is 2.09. The molecule has 1 unspecified atom stereocenters. The number of nitrogens with one attached hydrogen (secondary N) is 1. The maximum absolute atomic E-state index is 12.7. The highest BCUT2D eigenvalue weighted by Gasteiger charge is 2.38. The van der Waals surface area contributed by atoms with Crippen molar-refractivity contribution in [3.05, 3.63) is 39.2 Å². The lowest BCUT2D eigenvalue weighted by molar-refractivity contribution is -0.384. The van der Waals surface area contributed by atoms with Crippen molar-refractivity contribution in [3.63, 3.8) is 0 Å². The van der Waals surface area contributed by atoms with Crippen molar-refractivity contribution in [2.45, 2.75) is 23.5 Å². The molecule has 0 aliphatic heterocycles. The predicted octanol–water partition coefficient (Wildman–Crippen LogP) is 3.51. The molecule has 0 bridgehead atoms. The normalized spacial score (nSPS) is 12.7. The van der Waals surface area contributed by atoms with Crippen LogP contribution >= 0.6 is 23.4 Å². The second-order valence-electron chi connectivity index (χ2n) is 5.03. The third-order valence-corrected chi connectivity index (χ3v) is 4.61. The van der Waals surface area contributed by atoms with E-state index in [-0.39, 0.29) is 21.6 Å². The van der Waals surface area contributed by atoms with Gasteiger partial charge >= 0.3 is 6.18 Å². The minimum atomic E-state index is -4.65. The molecule has 140 valence electrons. The van der Waals surface area contributed by atoms with Crippen LogP contribution in [0.3, 0.4) is 0 Å². The van der Waals surface area contributed by atoms with Gasteiger partial charge in [0.05, 0.1) is 20.9 Å². The number of nitrogens with zero attached hydrogens (tertiary/aromatic N) is 4. The van der Waals surface area contributed by atoms with Crippen LogP contribution in [0.4, 0.5) is 24.5 Å². The molecule has 1 heterocycles. The van der Waals surface area contributed by atoms with E-state index in [1.807, 2.05) is 0 Å². The molecule has 0 fully saturated rings. The van der Waals surface area contributed by atoms with Crippen LogP contribution in [0.1, 0.15) is 12.7 Å². The van der Waals surface area contributed by atoms with Crippen molar-refractivity contribution >= 4 is 40.6 Å². The Kier molecular flexibility index (Phi) is 5.76. The number of thioether (sulfide) groups is 1. The van der Waals surface area contributed by atoms with Gasteiger partial charge in [-0.2, -0.15) is 13.2 Å². The minimum absolute atomic E-state index is 0.0391. The fourth-order valence-electron chi connectivity index (χ4n) is 1.83. The van der Waals surface area contributed by atoms with Gasteiger partial charge < -0.3 is 9.88 Å². The number of rotatable bonds is 5. The Labute approximate surface area is 153 Å². The molecule has 0 aliphatic rings. The molecule has 1 aromatic heterocycles. The van der Waals surface area contributed by atoms with Gasteiger partial charge in [0.1, 0.15) is 0 Å². The number of anilines is 1. The van der Waals surface area contributed by atoms with Crippen molar-refractivity contribution in [2.24, 2.45) is 7.05 Å². The first kappa shape index (κ1) is 20.0. The zero-order valence-electron chi connectivity index (χ0n) is 13.2. The molecule has 1 N–H and O–H groups in total. The molecule has 0 saturated heterocycles. The maximum Gasteiger partial charge on any atom is 0.451 e. The molecule has 0 saturated carbocycles. The van der Waals surface area contributed by atoms with Crippen LogP contribution in [-0.2, 0) is 18.0 Å². The third kappa shape index (κ3) is 4.43. The fourth-order valence-corrected chi connectivity index (χ4v) is 2.87. The molecule has 1 atom stereocenters. The first-order chi connectivity index (χ1) is 12.0. The van der Waals surface area contributed by atoms with E-state index in [1.54, 1.807) is 0 Å². The SMILES string of the molecule is CC(Sc1nnc(C(F)(F)F)n1C)C(=O)Nc1ccc([N+](=O)[O-])cc1Cl. The average Bonchev–Trinajstić information content (AvgIpc) is 2.90. The van der Waals surface area contributed by atoms with E-state index in [0.29, 0.717) is 0 Å². The number of aromatic nitrogens is 3. The monoisotopic (exact) mass is 409 g/mol. The molecule has 0 radical (unpaired) electrons. The van der Waals surface area contributed by atoms with E-state index in [0.717, 1.165) is 35.5 Å². The number of hydrogen-bond donors (Lipinski definition) is 1. The maximum atomic E-state index is 12.7. The Hall–Kier alpha value is -2.34. The molecule has 26 heavy (non-hydrogen) atoms. The molecule has 0 aliphatic carbocycles. The summed E-state index contributed by atoms with van der Waals surface area (Å²) in [6.07, 6.45) is -4.65. The third-order valence-electron chi connectivity index (χ3n) is 3.16. The summed E-state index contributed by atoms with van der Waals surface area (Å²) in [5, 5.41) is 18.7. The smallest absolute Gasteiger partial charge is 0.324 e. The zero-order valence-corrected chi connectivity index (χ0v) is 14.8. The Bertz CT molecular complexity index is 858. The van der Waals surface area contributed by atoms with E-state index in [4.69, 9.17) is 11.6 Å². The summed E-state index contributed by atoms with van der Waals surface area (Å²) < 4.78 is 38.9. The van der Waals surface area contributed by atoms with Crippen LogP contribution in [0.2, 0.25) is 5.02 Å². The number of nitro benzene ring substituents is 1. The van der Waals surface area contributed by atoms with Gasteiger partial charge in [-0.05, 0) is 13.0 Å². The van der Waals surface area contributed by atoms with Gasteiger partial charge in [-0.1, -0.05) is 23.4 Å². The Morgan fingerprint density at radius 1 is 1.42 bits per heavy atom. The largest absolute Gasteiger partial charge is 0.451 e. The highest BCUT2D eigenvalue weighted by atomic mass is 35.5. The molecule has 8 nitrogen and oxygen atoms in total. The van der Waals surface area contributed by atoms with Crippen molar-refractivity contribution in [1.29, 1.82) is 0 Å². The van der Waals surface area contributed by atoms with E-state index < -0.39 is 28.1 Å². The van der Waals surface area contributed by atoms with E-state index >= 15 is 0 Å². The summed E-state index contributed by atoms with van der Waals surface area (Å²) in [7, 11) is 1.14. The van der Waals surface area contributed by atoms with Crippen molar-refractivity contribution in [2.75, 3.05) is 5.32 Å². The van der Waals surface area contributed by atoms with Gasteiger partial charge in [0.25, 0.3) is 5.69 Å². The Morgan fingerprint density at radius 2 is 2.08 bits per heavy atom. The molecule has 2 rings (SSSR count). The van der Waals surface area contributed by atoms with Crippen molar-refractivity contribution in [3.8, 4) is 0 Å². The van der Waals surface area contributed by atoms with Crippen LogP contribution in [0, 0.1) is 10.1 Å². The zero-order chi connectivity index (χ0) is 19.6. The number of nitro groups is 1. The lowest BCUT2D eigenvalue weighted by Crippen LogP contribution is -2.23. The second-order valence-corrected chi connectivity index (χ2v) is 6.75. The van der Waals surface area contributed by atoms with Gasteiger partial charge in [-0.25, -0.2) is 0 Å². The summed E-state index contributed by atoms with van der Waals surface area (Å²) in [5.41, 5.74) is -0.0992. The van der Waals surface area contributed by atoms with Crippen molar-refractivity contribution in [1.82, 2.24) is 14.8 Å². The average molecular weight is 410 g/mol. The Morgan fingerprint density at radius 3 is 2.58 bits per heavy atom. The second kappa shape index (κ2) is 7.50. The number of carbonyl (C=O) groups excluding carboxylic acids is 1. The van der Waals surface area contributed by atoms with Gasteiger partial charge in [0, 0.05) is 19.2 Å². The fraction of sp³-hybridized carbons (Fsp3) is 0.308. The number of non-ortho nitro benzene ring substituents is 1. The van der Waals surface area contributed by atoms with Crippen LogP contribution in [-0.4, -0.2) is 30.8 Å². The summed E-state index contributed by atoms with van der Waals surface area (Å²) in [5.74, 6) is -1.74. The predicted molar refractivity (Wildman–Crippen MR) is 88.1 cm³/mol. The number of hydrogen-bond acceptors (Lipinski definition) is 6. The lowest BCUT2D eigenvalue weighted by atomic mass is 10.2. The number of amides is 1. The van der Waals surface area contributed by atoms with E-state index in [2.05, 4.69) is 15.5 Å². The molecule has 0 spiro atoms. The van der Waals surface area contributed by atoms with Gasteiger partial charge in [0.15, 0.2) is 5.16 Å². The topological polar surface area (TPSA) is 103 Å². The first-order valence-corrected chi connectivity index (χ1v) is 8.14. The highest BCUT2D eigenvalue weighted by Crippen LogP contribution is 2.31. The first-order valence-electron chi connectivity index (χ1n) is 6.88. The summed E-state index contributed by atoms with van der Waals surface area (Å²) in [6, 6.07) is 3.50. The van der Waals surface area contributed by atoms with Crippen LogP contribution in [0.5, 0.6) is 0 Å². The lowest BCUT2D eigenvalue weighted by Gasteiger charge is -2.13. The summed E-state index contributed by atoms with van der Waals surface area (Å²) in [4.78, 5) is 22.2. The summed E-state index contributed by atoms with van der Waals surface area (Å²) >= 11 is 6.66. The molecule has 2 aromatic rings. The number of alkyl halides is 3. The number of carbonyl (C=O) groups is 1. The highest BCUT2D eigenvalue weighted by molar-refractivity contribution is 8.00. The van der Waals surface area contributed by atoms with Crippen molar-refractivity contribution < 1.29 is 22.9 Å². The summed E-state index contributed by atoms with van der Waals surface area (Å²) in [6.45, 7) is 1.46. The minimum Gasteiger partial charge on any atom is -0.324 e.